The van der Waals surface area contributed by atoms with Gasteiger partial charge in [-0.3, -0.25) is 0 Å². The second kappa shape index (κ2) is 7.05. The smallest absolute Gasteiger partial charge is 0.387 e. The van der Waals surface area contributed by atoms with Gasteiger partial charge in [-0.15, -0.1) is 0 Å². The molecule has 1 aromatic rings. The SMILES string of the molecule is FC1=C(Cl)NC(C#CC2CC2)N=C1Nc1ccc(OC(F)F)cc1. The normalized spacial score (nSPS) is 20.0. The first kappa shape index (κ1) is 16.5. The van der Waals surface area contributed by atoms with Crippen LogP contribution in [0.2, 0.25) is 0 Å². The molecular formula is C16H13ClF3N3O. The number of alkyl halides is 2. The summed E-state index contributed by atoms with van der Waals surface area (Å²) in [5, 5.41) is 5.24. The van der Waals surface area contributed by atoms with Gasteiger partial charge in [-0.05, 0) is 37.1 Å². The Bertz CT molecular complexity index is 733. The first-order valence-corrected chi connectivity index (χ1v) is 7.62. The summed E-state index contributed by atoms with van der Waals surface area (Å²) in [5.41, 5.74) is 0.450. The van der Waals surface area contributed by atoms with Crippen LogP contribution in [0.5, 0.6) is 5.75 Å². The van der Waals surface area contributed by atoms with Crippen LogP contribution < -0.4 is 15.4 Å². The molecule has 1 unspecified atom stereocenters. The van der Waals surface area contributed by atoms with E-state index in [0.717, 1.165) is 12.8 Å². The van der Waals surface area contributed by atoms with E-state index in [1.54, 1.807) is 0 Å². The number of nitrogens with zero attached hydrogens (tertiary/aromatic N) is 1. The average molecular weight is 356 g/mol. The second-order valence-electron chi connectivity index (χ2n) is 5.24. The van der Waals surface area contributed by atoms with Crippen LogP contribution in [0.15, 0.2) is 40.2 Å². The Hall–Kier alpha value is -2.33. The van der Waals surface area contributed by atoms with Gasteiger partial charge in [0, 0.05) is 11.6 Å². The quantitative estimate of drug-likeness (QED) is 0.640. The van der Waals surface area contributed by atoms with Crippen molar-refractivity contribution in [2.45, 2.75) is 25.6 Å². The predicted octanol–water partition coefficient (Wildman–Crippen LogP) is 3.82. The van der Waals surface area contributed by atoms with E-state index in [-0.39, 0.29) is 16.7 Å². The summed E-state index contributed by atoms with van der Waals surface area (Å²) >= 11 is 5.84. The van der Waals surface area contributed by atoms with E-state index >= 15 is 0 Å². The zero-order valence-electron chi connectivity index (χ0n) is 12.3. The van der Waals surface area contributed by atoms with E-state index in [1.807, 2.05) is 0 Å². The molecule has 24 heavy (non-hydrogen) atoms. The van der Waals surface area contributed by atoms with Gasteiger partial charge in [-0.25, -0.2) is 4.99 Å². The highest BCUT2D eigenvalue weighted by Crippen LogP contribution is 2.27. The highest BCUT2D eigenvalue weighted by atomic mass is 35.5. The molecule has 1 fully saturated rings. The van der Waals surface area contributed by atoms with Crippen LogP contribution >= 0.6 is 11.6 Å². The van der Waals surface area contributed by atoms with Crippen molar-refractivity contribution in [2.24, 2.45) is 10.9 Å². The highest BCUT2D eigenvalue weighted by Gasteiger charge is 2.23. The molecule has 0 radical (unpaired) electrons. The highest BCUT2D eigenvalue weighted by molar-refractivity contribution is 6.32. The zero-order chi connectivity index (χ0) is 17.1. The lowest BCUT2D eigenvalue weighted by atomic mass is 10.3. The Labute approximate surface area is 141 Å². The fourth-order valence-electron chi connectivity index (χ4n) is 1.94. The minimum absolute atomic E-state index is 0.00465. The minimum Gasteiger partial charge on any atom is -0.435 e. The summed E-state index contributed by atoms with van der Waals surface area (Å²) in [7, 11) is 0. The van der Waals surface area contributed by atoms with Crippen molar-refractivity contribution in [1.82, 2.24) is 5.32 Å². The first-order valence-electron chi connectivity index (χ1n) is 7.24. The molecule has 2 aliphatic rings. The zero-order valence-corrected chi connectivity index (χ0v) is 13.1. The third-order valence-corrected chi connectivity index (χ3v) is 3.54. The fourth-order valence-corrected chi connectivity index (χ4v) is 2.13. The summed E-state index contributed by atoms with van der Waals surface area (Å²) in [6, 6.07) is 5.61. The van der Waals surface area contributed by atoms with Gasteiger partial charge in [0.15, 0.2) is 17.8 Å². The number of benzene rings is 1. The molecular weight excluding hydrogens is 343 g/mol. The maximum atomic E-state index is 14.1. The molecule has 4 nitrogen and oxygen atoms in total. The maximum Gasteiger partial charge on any atom is 0.387 e. The Kier molecular flexibility index (Phi) is 4.86. The molecule has 8 heteroatoms. The van der Waals surface area contributed by atoms with Crippen molar-refractivity contribution < 1.29 is 17.9 Å². The maximum absolute atomic E-state index is 14.1. The van der Waals surface area contributed by atoms with Crippen molar-refractivity contribution >= 4 is 23.1 Å². The molecule has 0 aromatic heterocycles. The van der Waals surface area contributed by atoms with Gasteiger partial charge in [-0.1, -0.05) is 23.4 Å². The predicted molar refractivity (Wildman–Crippen MR) is 85.5 cm³/mol. The Morgan fingerprint density at radius 2 is 1.96 bits per heavy atom. The van der Waals surface area contributed by atoms with Crippen molar-refractivity contribution in [1.29, 1.82) is 0 Å². The molecule has 2 N–H and O–H groups in total. The molecule has 1 aromatic carbocycles. The van der Waals surface area contributed by atoms with Crippen LogP contribution in [0.3, 0.4) is 0 Å². The number of hydrogen-bond donors (Lipinski definition) is 2. The van der Waals surface area contributed by atoms with Crippen LogP contribution in [-0.2, 0) is 0 Å². The standard InChI is InChI=1S/C16H13ClF3N3O/c17-14-13(18)15(23-12(22-14)8-3-9-1-2-9)21-10-4-6-11(7-5-10)24-16(19)20/h4-7,9,12,16,22H,1-2H2,(H,21,23). The largest absolute Gasteiger partial charge is 0.435 e. The lowest BCUT2D eigenvalue weighted by molar-refractivity contribution is -0.0498. The van der Waals surface area contributed by atoms with Crippen molar-refractivity contribution in [3.8, 4) is 17.6 Å². The number of nitrogens with one attached hydrogen (secondary N) is 2. The molecule has 1 saturated carbocycles. The number of rotatable bonds is 3. The third-order valence-electron chi connectivity index (χ3n) is 3.27. The second-order valence-corrected chi connectivity index (χ2v) is 5.62. The molecule has 1 aliphatic heterocycles. The summed E-state index contributed by atoms with van der Waals surface area (Å²) in [4.78, 5) is 4.13. The van der Waals surface area contributed by atoms with Crippen LogP contribution in [0.4, 0.5) is 18.9 Å². The van der Waals surface area contributed by atoms with Gasteiger partial charge in [-0.2, -0.15) is 13.2 Å². The number of hydrogen-bond acceptors (Lipinski definition) is 4. The van der Waals surface area contributed by atoms with Gasteiger partial charge >= 0.3 is 6.61 Å². The lowest BCUT2D eigenvalue weighted by Gasteiger charge is -2.19. The molecule has 0 spiro atoms. The van der Waals surface area contributed by atoms with Crippen molar-refractivity contribution in [3.05, 3.63) is 35.2 Å². The van der Waals surface area contributed by atoms with Gasteiger partial charge in [0.25, 0.3) is 0 Å². The molecule has 0 amide bonds. The van der Waals surface area contributed by atoms with Crippen molar-refractivity contribution in [2.75, 3.05) is 5.32 Å². The molecule has 0 saturated heterocycles. The average Bonchev–Trinajstić information content (AvgIpc) is 3.35. The summed E-state index contributed by atoms with van der Waals surface area (Å²) < 4.78 is 42.6. The Morgan fingerprint density at radius 3 is 2.58 bits per heavy atom. The van der Waals surface area contributed by atoms with E-state index < -0.39 is 18.6 Å². The van der Waals surface area contributed by atoms with Crippen LogP contribution in [0, 0.1) is 17.8 Å². The number of anilines is 1. The van der Waals surface area contributed by atoms with Crippen LogP contribution in [-0.4, -0.2) is 18.6 Å². The van der Waals surface area contributed by atoms with Gasteiger partial charge in [0.2, 0.25) is 0 Å². The lowest BCUT2D eigenvalue weighted by Crippen LogP contribution is -2.33. The number of amidine groups is 1. The van der Waals surface area contributed by atoms with E-state index in [4.69, 9.17) is 11.6 Å². The first-order chi connectivity index (χ1) is 11.5. The monoisotopic (exact) mass is 355 g/mol. The van der Waals surface area contributed by atoms with Gasteiger partial charge in [0.1, 0.15) is 10.9 Å². The van der Waals surface area contributed by atoms with Crippen molar-refractivity contribution in [3.63, 3.8) is 0 Å². The van der Waals surface area contributed by atoms with Crippen LogP contribution in [0.25, 0.3) is 0 Å². The summed E-state index contributed by atoms with van der Waals surface area (Å²) in [6.07, 6.45) is 1.50. The molecule has 126 valence electrons. The molecule has 1 atom stereocenters. The van der Waals surface area contributed by atoms with Gasteiger partial charge < -0.3 is 15.4 Å². The third kappa shape index (κ3) is 4.36. The molecule has 0 bridgehead atoms. The van der Waals surface area contributed by atoms with Gasteiger partial charge in [0.05, 0.1) is 0 Å². The summed E-state index contributed by atoms with van der Waals surface area (Å²) in [5.74, 6) is 5.51. The number of aliphatic imine (C=N–C) groups is 1. The summed E-state index contributed by atoms with van der Waals surface area (Å²) in [6.45, 7) is -2.90. The van der Waals surface area contributed by atoms with E-state index in [1.165, 1.54) is 24.3 Å². The van der Waals surface area contributed by atoms with E-state index in [2.05, 4.69) is 32.2 Å². The Balaban J connectivity index is 1.72. The molecule has 1 aliphatic carbocycles. The molecule has 3 rings (SSSR count). The number of ether oxygens (including phenoxy) is 1. The topological polar surface area (TPSA) is 45.7 Å². The van der Waals surface area contributed by atoms with E-state index in [9.17, 15) is 13.2 Å². The number of halogens is 4. The fraction of sp³-hybridized carbons (Fsp3) is 0.312. The van der Waals surface area contributed by atoms with Crippen LogP contribution in [0.1, 0.15) is 12.8 Å². The molecule has 1 heterocycles. The Morgan fingerprint density at radius 1 is 1.25 bits per heavy atom. The minimum atomic E-state index is -2.90. The van der Waals surface area contributed by atoms with E-state index in [0.29, 0.717) is 11.6 Å².